The Bertz CT molecular complexity index is 1100. The summed E-state index contributed by atoms with van der Waals surface area (Å²) in [6.07, 6.45) is 1.97. The molecule has 1 fully saturated rings. The van der Waals surface area contributed by atoms with E-state index in [9.17, 15) is 4.79 Å². The third-order valence-electron chi connectivity index (χ3n) is 6.03. The third kappa shape index (κ3) is 4.26. The summed E-state index contributed by atoms with van der Waals surface area (Å²) in [5.74, 6) is 2.80. The number of ether oxygens (including phenoxy) is 1. The van der Waals surface area contributed by atoms with Crippen LogP contribution in [0.15, 0.2) is 30.5 Å². The van der Waals surface area contributed by atoms with Crippen LogP contribution in [0.2, 0.25) is 0 Å². The maximum absolute atomic E-state index is 13.3. The lowest BCUT2D eigenvalue weighted by Crippen LogP contribution is -2.52. The van der Waals surface area contributed by atoms with Gasteiger partial charge in [-0.2, -0.15) is 5.10 Å². The van der Waals surface area contributed by atoms with E-state index in [1.165, 1.54) is 0 Å². The third-order valence-corrected chi connectivity index (χ3v) is 6.03. The summed E-state index contributed by atoms with van der Waals surface area (Å²) < 4.78 is 7.99. The molecule has 170 valence electrons. The molecule has 3 heterocycles. The van der Waals surface area contributed by atoms with Crippen LogP contribution in [0.4, 0.5) is 5.82 Å². The largest absolute Gasteiger partial charge is 0.480 e. The summed E-state index contributed by atoms with van der Waals surface area (Å²) >= 11 is 0. The fourth-order valence-electron chi connectivity index (χ4n) is 4.22. The summed E-state index contributed by atoms with van der Waals surface area (Å²) in [6, 6.07) is 8.00. The average Bonchev–Trinajstić information content (AvgIpc) is 3.17. The van der Waals surface area contributed by atoms with Crippen molar-refractivity contribution < 1.29 is 9.53 Å². The number of hydrogen-bond acceptors (Lipinski definition) is 6. The second-order valence-electron chi connectivity index (χ2n) is 8.62. The Kier molecular flexibility index (Phi) is 6.30. The number of hydrogen-bond donors (Lipinski definition) is 0. The van der Waals surface area contributed by atoms with Crippen LogP contribution in [0.25, 0.3) is 11.0 Å². The standard InChI is InChI=1S/C24H32N6O2/c1-6-20(32-21-10-8-7-9-18(21)16(2)3)24(31)30-13-11-29(12-14-30)23-19-15-25-28(5)22(19)26-17(4)27-23/h7-10,15-16,20H,6,11-14H2,1-5H3. The number of carbonyl (C=O) groups excluding carboxylic acids is 1. The molecule has 0 spiro atoms. The van der Waals surface area contributed by atoms with Gasteiger partial charge in [0.25, 0.3) is 5.91 Å². The van der Waals surface area contributed by atoms with Gasteiger partial charge in [0.1, 0.15) is 17.4 Å². The van der Waals surface area contributed by atoms with Crippen molar-refractivity contribution in [3.63, 3.8) is 0 Å². The molecule has 1 unspecified atom stereocenters. The highest BCUT2D eigenvalue weighted by molar-refractivity contribution is 5.87. The predicted octanol–water partition coefficient (Wildman–Crippen LogP) is 3.30. The van der Waals surface area contributed by atoms with Gasteiger partial charge in [0, 0.05) is 33.2 Å². The minimum absolute atomic E-state index is 0.0519. The zero-order valence-electron chi connectivity index (χ0n) is 19.6. The second-order valence-corrected chi connectivity index (χ2v) is 8.62. The van der Waals surface area contributed by atoms with E-state index in [1.807, 2.05) is 50.2 Å². The van der Waals surface area contributed by atoms with Gasteiger partial charge in [0.15, 0.2) is 11.8 Å². The van der Waals surface area contributed by atoms with E-state index in [1.54, 1.807) is 4.68 Å². The van der Waals surface area contributed by atoms with Crippen LogP contribution in [-0.4, -0.2) is 62.8 Å². The number of anilines is 1. The van der Waals surface area contributed by atoms with E-state index in [4.69, 9.17) is 4.74 Å². The van der Waals surface area contributed by atoms with Crippen LogP contribution in [0.1, 0.15) is 44.5 Å². The molecule has 1 saturated heterocycles. The molecule has 0 N–H and O–H groups in total. The molecule has 4 rings (SSSR count). The molecule has 2 aromatic heterocycles. The molecule has 0 bridgehead atoms. The SMILES string of the molecule is CCC(Oc1ccccc1C(C)C)C(=O)N1CCN(c2nc(C)nc3c2cnn3C)CC1. The molecule has 1 aliphatic heterocycles. The van der Waals surface area contributed by atoms with E-state index < -0.39 is 6.10 Å². The van der Waals surface area contributed by atoms with E-state index in [0.29, 0.717) is 38.5 Å². The quantitative estimate of drug-likeness (QED) is 0.590. The van der Waals surface area contributed by atoms with Gasteiger partial charge in [-0.1, -0.05) is 39.0 Å². The first-order chi connectivity index (χ1) is 15.4. The van der Waals surface area contributed by atoms with E-state index in [-0.39, 0.29) is 5.91 Å². The lowest BCUT2D eigenvalue weighted by Gasteiger charge is -2.37. The summed E-state index contributed by atoms with van der Waals surface area (Å²) in [4.78, 5) is 26.6. The summed E-state index contributed by atoms with van der Waals surface area (Å²) in [5, 5.41) is 5.28. The highest BCUT2D eigenvalue weighted by Gasteiger charge is 2.29. The number of nitrogens with zero attached hydrogens (tertiary/aromatic N) is 6. The van der Waals surface area contributed by atoms with Crippen LogP contribution in [0, 0.1) is 6.92 Å². The van der Waals surface area contributed by atoms with Crippen molar-refractivity contribution >= 4 is 22.8 Å². The lowest BCUT2D eigenvalue weighted by atomic mass is 10.0. The highest BCUT2D eigenvalue weighted by atomic mass is 16.5. The molecule has 8 nitrogen and oxygen atoms in total. The van der Waals surface area contributed by atoms with Gasteiger partial charge >= 0.3 is 0 Å². The molecule has 32 heavy (non-hydrogen) atoms. The number of para-hydroxylation sites is 1. The van der Waals surface area contributed by atoms with Crippen molar-refractivity contribution in [2.24, 2.45) is 7.05 Å². The number of rotatable bonds is 6. The number of piperazine rings is 1. The van der Waals surface area contributed by atoms with Crippen LogP contribution >= 0.6 is 0 Å². The van der Waals surface area contributed by atoms with Gasteiger partial charge in [0.2, 0.25) is 0 Å². The Labute approximate surface area is 189 Å². The van der Waals surface area contributed by atoms with Crippen LogP contribution in [0.3, 0.4) is 0 Å². The first kappa shape index (κ1) is 22.0. The Hall–Kier alpha value is -3.16. The zero-order valence-corrected chi connectivity index (χ0v) is 19.6. The van der Waals surface area contributed by atoms with Crippen LogP contribution in [-0.2, 0) is 11.8 Å². The number of aromatic nitrogens is 4. The number of benzene rings is 1. The van der Waals surface area contributed by atoms with Gasteiger partial charge < -0.3 is 14.5 Å². The Morgan fingerprint density at radius 3 is 2.53 bits per heavy atom. The monoisotopic (exact) mass is 436 g/mol. The topological polar surface area (TPSA) is 76.4 Å². The Morgan fingerprint density at radius 1 is 1.12 bits per heavy atom. The van der Waals surface area contributed by atoms with Crippen LogP contribution < -0.4 is 9.64 Å². The molecule has 1 atom stereocenters. The number of amides is 1. The van der Waals surface area contributed by atoms with Gasteiger partial charge in [-0.15, -0.1) is 0 Å². The van der Waals surface area contributed by atoms with Gasteiger partial charge in [-0.05, 0) is 30.9 Å². The lowest BCUT2D eigenvalue weighted by molar-refractivity contribution is -0.139. The van der Waals surface area contributed by atoms with Gasteiger partial charge in [-0.3, -0.25) is 9.48 Å². The van der Waals surface area contributed by atoms with E-state index in [0.717, 1.165) is 34.0 Å². The van der Waals surface area contributed by atoms with E-state index >= 15 is 0 Å². The fraction of sp³-hybridized carbons (Fsp3) is 0.500. The number of aryl methyl sites for hydroxylation is 2. The molecule has 8 heteroatoms. The maximum Gasteiger partial charge on any atom is 0.263 e. The van der Waals surface area contributed by atoms with Crippen molar-refractivity contribution in [3.8, 4) is 5.75 Å². The molecule has 1 aromatic carbocycles. The van der Waals surface area contributed by atoms with Gasteiger partial charge in [0.05, 0.1) is 11.6 Å². The summed E-state index contributed by atoms with van der Waals surface area (Å²) in [7, 11) is 1.89. The molecule has 0 aliphatic carbocycles. The minimum atomic E-state index is -0.479. The number of carbonyl (C=O) groups is 1. The number of fused-ring (bicyclic) bond motifs is 1. The minimum Gasteiger partial charge on any atom is -0.480 e. The van der Waals surface area contributed by atoms with Gasteiger partial charge in [-0.25, -0.2) is 9.97 Å². The van der Waals surface area contributed by atoms with Crippen molar-refractivity contribution in [1.29, 1.82) is 0 Å². The second kappa shape index (κ2) is 9.14. The van der Waals surface area contributed by atoms with E-state index in [2.05, 4.69) is 39.9 Å². The summed E-state index contributed by atoms with van der Waals surface area (Å²) in [6.45, 7) is 10.9. The predicted molar refractivity (Wildman–Crippen MR) is 125 cm³/mol. The Balaban J connectivity index is 1.45. The molecule has 1 aliphatic rings. The van der Waals surface area contributed by atoms with Crippen molar-refractivity contribution in [2.45, 2.75) is 46.1 Å². The average molecular weight is 437 g/mol. The molecular weight excluding hydrogens is 404 g/mol. The normalized spacial score (nSPS) is 15.4. The molecule has 3 aromatic rings. The van der Waals surface area contributed by atoms with Crippen LogP contribution in [0.5, 0.6) is 5.75 Å². The molecular formula is C24H32N6O2. The first-order valence-electron chi connectivity index (χ1n) is 11.3. The molecule has 1 amide bonds. The molecule has 0 saturated carbocycles. The smallest absolute Gasteiger partial charge is 0.263 e. The van der Waals surface area contributed by atoms with Crippen molar-refractivity contribution in [1.82, 2.24) is 24.6 Å². The fourth-order valence-corrected chi connectivity index (χ4v) is 4.22. The Morgan fingerprint density at radius 2 is 1.84 bits per heavy atom. The molecule has 0 radical (unpaired) electrons. The zero-order chi connectivity index (χ0) is 22.8. The van der Waals surface area contributed by atoms with Crippen molar-refractivity contribution in [2.75, 3.05) is 31.1 Å². The maximum atomic E-state index is 13.3. The highest BCUT2D eigenvalue weighted by Crippen LogP contribution is 2.28. The summed E-state index contributed by atoms with van der Waals surface area (Å²) in [5.41, 5.74) is 1.96. The van der Waals surface area contributed by atoms with Crippen molar-refractivity contribution in [3.05, 3.63) is 41.9 Å². The first-order valence-corrected chi connectivity index (χ1v) is 11.3.